The number of furan rings is 1. The molecule has 1 aliphatic heterocycles. The number of esters is 1. The van der Waals surface area contributed by atoms with Crippen LogP contribution in [0.25, 0.3) is 6.08 Å². The average Bonchev–Trinajstić information content (AvgIpc) is 3.43. The van der Waals surface area contributed by atoms with Gasteiger partial charge in [0.25, 0.3) is 5.91 Å². The average molecular weight is 462 g/mol. The summed E-state index contributed by atoms with van der Waals surface area (Å²) in [6.45, 7) is 0.250. The first-order valence-corrected chi connectivity index (χ1v) is 10.3. The molecule has 0 radical (unpaired) electrons. The lowest BCUT2D eigenvalue weighted by molar-refractivity contribution is -0.123. The van der Waals surface area contributed by atoms with E-state index >= 15 is 0 Å². The Morgan fingerprint density at radius 2 is 1.82 bits per heavy atom. The van der Waals surface area contributed by atoms with Crippen molar-refractivity contribution in [2.24, 2.45) is 0 Å². The predicted molar refractivity (Wildman–Crippen MR) is 121 cm³/mol. The van der Waals surface area contributed by atoms with E-state index in [1.165, 1.54) is 26.4 Å². The van der Waals surface area contributed by atoms with Crippen LogP contribution in [0.4, 0.5) is 4.79 Å². The minimum absolute atomic E-state index is 0.0120. The van der Waals surface area contributed by atoms with Crippen molar-refractivity contribution < 1.29 is 33.0 Å². The number of hydrogen-bond donors (Lipinski definition) is 1. The Kier molecular flexibility index (Phi) is 6.63. The molecule has 0 spiro atoms. The number of nitrogens with zero attached hydrogens (tertiary/aromatic N) is 1. The van der Waals surface area contributed by atoms with Crippen LogP contribution in [0.5, 0.6) is 11.5 Å². The fourth-order valence-electron chi connectivity index (χ4n) is 3.34. The molecular formula is C25H22N2O7. The molecular weight excluding hydrogens is 440 g/mol. The van der Waals surface area contributed by atoms with Crippen LogP contribution >= 0.6 is 0 Å². The van der Waals surface area contributed by atoms with E-state index in [-0.39, 0.29) is 23.8 Å². The van der Waals surface area contributed by atoms with Crippen LogP contribution in [0.15, 0.2) is 70.8 Å². The SMILES string of the molecule is COC(=O)c1ccc(CN2C(=O)N/C(=C/c3ccc(OCc4ccccc4)c(OC)c3)C2=O)o1. The van der Waals surface area contributed by atoms with Gasteiger partial charge in [0.15, 0.2) is 11.5 Å². The third kappa shape index (κ3) is 4.93. The van der Waals surface area contributed by atoms with Crippen LogP contribution < -0.4 is 14.8 Å². The number of amides is 3. The topological polar surface area (TPSA) is 107 Å². The molecule has 2 heterocycles. The van der Waals surface area contributed by atoms with E-state index in [1.807, 2.05) is 30.3 Å². The summed E-state index contributed by atoms with van der Waals surface area (Å²) in [6, 6.07) is 17.3. The van der Waals surface area contributed by atoms with Gasteiger partial charge in [-0.15, -0.1) is 0 Å². The van der Waals surface area contributed by atoms with E-state index in [9.17, 15) is 14.4 Å². The maximum Gasteiger partial charge on any atom is 0.373 e. The highest BCUT2D eigenvalue weighted by molar-refractivity contribution is 6.13. The standard InChI is InChI=1S/C25H22N2O7/c1-31-22-13-17(8-10-20(22)33-15-16-6-4-3-5-7-16)12-19-23(28)27(25(30)26-19)14-18-9-11-21(34-18)24(29)32-2/h3-13H,14-15H2,1-2H3,(H,26,30)/b19-12+. The zero-order chi connectivity index (χ0) is 24.1. The van der Waals surface area contributed by atoms with Crippen LogP contribution in [-0.4, -0.2) is 37.0 Å². The van der Waals surface area contributed by atoms with Crippen LogP contribution in [0, 0.1) is 0 Å². The van der Waals surface area contributed by atoms with E-state index in [0.29, 0.717) is 23.7 Å². The second-order valence-corrected chi connectivity index (χ2v) is 7.32. The third-order valence-corrected chi connectivity index (χ3v) is 5.06. The Labute approximate surface area is 195 Å². The second kappa shape index (κ2) is 9.95. The quantitative estimate of drug-likeness (QED) is 0.309. The molecule has 34 heavy (non-hydrogen) atoms. The predicted octanol–water partition coefficient (Wildman–Crippen LogP) is 3.75. The number of rotatable bonds is 8. The van der Waals surface area contributed by atoms with Crippen molar-refractivity contribution in [1.82, 2.24) is 10.2 Å². The number of hydrogen-bond acceptors (Lipinski definition) is 7. The lowest BCUT2D eigenvalue weighted by Crippen LogP contribution is -2.30. The Hall–Kier alpha value is -4.53. The van der Waals surface area contributed by atoms with Gasteiger partial charge in [-0.05, 0) is 41.5 Å². The molecule has 1 aliphatic rings. The van der Waals surface area contributed by atoms with E-state index in [4.69, 9.17) is 13.9 Å². The van der Waals surface area contributed by atoms with Gasteiger partial charge >= 0.3 is 12.0 Å². The first kappa shape index (κ1) is 22.7. The highest BCUT2D eigenvalue weighted by Gasteiger charge is 2.34. The van der Waals surface area contributed by atoms with Gasteiger partial charge in [-0.3, -0.25) is 9.69 Å². The molecule has 1 fully saturated rings. The van der Waals surface area contributed by atoms with Gasteiger partial charge in [-0.2, -0.15) is 0 Å². The largest absolute Gasteiger partial charge is 0.493 e. The number of methoxy groups -OCH3 is 2. The Balaban J connectivity index is 1.46. The highest BCUT2D eigenvalue weighted by atomic mass is 16.5. The van der Waals surface area contributed by atoms with Gasteiger partial charge in [0.2, 0.25) is 5.76 Å². The molecule has 2 aromatic carbocycles. The number of urea groups is 1. The molecule has 0 bridgehead atoms. The van der Waals surface area contributed by atoms with E-state index in [2.05, 4.69) is 10.1 Å². The number of carbonyl (C=O) groups excluding carboxylic acids is 3. The van der Waals surface area contributed by atoms with Crippen molar-refractivity contribution >= 4 is 24.0 Å². The van der Waals surface area contributed by atoms with Gasteiger partial charge < -0.3 is 23.9 Å². The van der Waals surface area contributed by atoms with Gasteiger partial charge in [0.05, 0.1) is 20.8 Å². The minimum atomic E-state index is -0.644. The van der Waals surface area contributed by atoms with Crippen LogP contribution in [0.1, 0.15) is 27.4 Å². The Morgan fingerprint density at radius 3 is 2.56 bits per heavy atom. The van der Waals surface area contributed by atoms with Crippen molar-refractivity contribution in [2.75, 3.05) is 14.2 Å². The summed E-state index contributed by atoms with van der Waals surface area (Å²) < 4.78 is 21.2. The van der Waals surface area contributed by atoms with Crippen molar-refractivity contribution in [3.05, 3.63) is 89.0 Å². The van der Waals surface area contributed by atoms with Crippen molar-refractivity contribution in [2.45, 2.75) is 13.2 Å². The lowest BCUT2D eigenvalue weighted by Gasteiger charge is -2.11. The fraction of sp³-hybridized carbons (Fsp3) is 0.160. The molecule has 0 atom stereocenters. The number of carbonyl (C=O) groups is 3. The minimum Gasteiger partial charge on any atom is -0.493 e. The monoisotopic (exact) mass is 462 g/mol. The molecule has 0 aliphatic carbocycles. The summed E-state index contributed by atoms with van der Waals surface area (Å²) in [5, 5.41) is 2.56. The summed E-state index contributed by atoms with van der Waals surface area (Å²) in [7, 11) is 2.76. The maximum absolute atomic E-state index is 12.8. The summed E-state index contributed by atoms with van der Waals surface area (Å²) in [5.41, 5.74) is 1.76. The molecule has 9 nitrogen and oxygen atoms in total. The highest BCUT2D eigenvalue weighted by Crippen LogP contribution is 2.30. The van der Waals surface area contributed by atoms with Gasteiger partial charge in [-0.25, -0.2) is 9.59 Å². The molecule has 1 saturated heterocycles. The molecule has 3 aromatic rings. The number of nitrogens with one attached hydrogen (secondary N) is 1. The summed E-state index contributed by atoms with van der Waals surface area (Å²) in [6.07, 6.45) is 1.55. The second-order valence-electron chi connectivity index (χ2n) is 7.32. The van der Waals surface area contributed by atoms with Crippen molar-refractivity contribution in [3.63, 3.8) is 0 Å². The zero-order valence-corrected chi connectivity index (χ0v) is 18.6. The molecule has 1 N–H and O–H groups in total. The summed E-state index contributed by atoms with van der Waals surface area (Å²) in [4.78, 5) is 37.7. The van der Waals surface area contributed by atoms with Crippen LogP contribution in [-0.2, 0) is 22.7 Å². The molecule has 1 aromatic heterocycles. The molecule has 3 amide bonds. The summed E-state index contributed by atoms with van der Waals surface area (Å²) >= 11 is 0. The molecule has 0 unspecified atom stereocenters. The van der Waals surface area contributed by atoms with Gasteiger partial charge in [-0.1, -0.05) is 36.4 Å². The smallest absolute Gasteiger partial charge is 0.373 e. The number of benzene rings is 2. The van der Waals surface area contributed by atoms with E-state index in [1.54, 1.807) is 24.3 Å². The third-order valence-electron chi connectivity index (χ3n) is 5.06. The maximum atomic E-state index is 12.8. The van der Waals surface area contributed by atoms with E-state index < -0.39 is 17.9 Å². The molecule has 174 valence electrons. The lowest BCUT2D eigenvalue weighted by atomic mass is 10.1. The van der Waals surface area contributed by atoms with Gasteiger partial charge in [0.1, 0.15) is 18.1 Å². The van der Waals surface area contributed by atoms with E-state index in [0.717, 1.165) is 10.5 Å². The fourth-order valence-corrected chi connectivity index (χ4v) is 3.34. The van der Waals surface area contributed by atoms with Crippen LogP contribution in [0.2, 0.25) is 0 Å². The number of ether oxygens (including phenoxy) is 3. The first-order valence-electron chi connectivity index (χ1n) is 10.3. The first-order chi connectivity index (χ1) is 16.5. The Morgan fingerprint density at radius 1 is 1.03 bits per heavy atom. The van der Waals surface area contributed by atoms with Crippen molar-refractivity contribution in [3.8, 4) is 11.5 Å². The molecule has 0 saturated carbocycles. The Bertz CT molecular complexity index is 1250. The molecule has 4 rings (SSSR count). The molecule has 9 heteroatoms. The van der Waals surface area contributed by atoms with Crippen molar-refractivity contribution in [1.29, 1.82) is 0 Å². The zero-order valence-electron chi connectivity index (χ0n) is 18.6. The summed E-state index contributed by atoms with van der Waals surface area (Å²) in [5.74, 6) is 0.133. The number of imide groups is 1. The van der Waals surface area contributed by atoms with Gasteiger partial charge in [0, 0.05) is 0 Å². The normalized spacial score (nSPS) is 14.3. The van der Waals surface area contributed by atoms with Crippen LogP contribution in [0.3, 0.4) is 0 Å².